The second-order valence-electron chi connectivity index (χ2n) is 3.98. The second-order valence-corrected chi connectivity index (χ2v) is 5.02. The van der Waals surface area contributed by atoms with Crippen LogP contribution < -0.4 is 5.32 Å². The van der Waals surface area contributed by atoms with Crippen molar-refractivity contribution in [2.45, 2.75) is 6.42 Å². The number of thiazole rings is 1. The number of para-hydroxylation sites is 1. The fourth-order valence-electron chi connectivity index (χ4n) is 1.79. The summed E-state index contributed by atoms with van der Waals surface area (Å²) in [6, 6.07) is 14.2. The molecule has 0 fully saturated rings. The van der Waals surface area contributed by atoms with Gasteiger partial charge in [0.15, 0.2) is 5.13 Å². The third kappa shape index (κ3) is 2.49. The molecule has 0 unspecified atom stereocenters. The molecule has 0 aliphatic rings. The molecule has 2 aromatic heterocycles. The molecule has 3 nitrogen and oxygen atoms in total. The number of hydrogen-bond acceptors (Lipinski definition) is 4. The van der Waals surface area contributed by atoms with Crippen LogP contribution in [-0.2, 0) is 6.42 Å². The summed E-state index contributed by atoms with van der Waals surface area (Å²) in [4.78, 5) is 8.83. The van der Waals surface area contributed by atoms with E-state index in [9.17, 15) is 0 Å². The van der Waals surface area contributed by atoms with E-state index in [-0.39, 0.29) is 0 Å². The van der Waals surface area contributed by atoms with Crippen LogP contribution in [0.1, 0.15) is 5.69 Å². The van der Waals surface area contributed by atoms with Crippen molar-refractivity contribution in [3.63, 3.8) is 0 Å². The largest absolute Gasteiger partial charge is 0.361 e. The summed E-state index contributed by atoms with van der Waals surface area (Å²) in [5, 5.41) is 4.33. The van der Waals surface area contributed by atoms with Crippen molar-refractivity contribution in [1.82, 2.24) is 9.97 Å². The number of fused-ring (bicyclic) bond motifs is 1. The maximum absolute atomic E-state index is 4.53. The molecule has 0 amide bonds. The quantitative estimate of drug-likeness (QED) is 0.777. The van der Waals surface area contributed by atoms with E-state index in [0.29, 0.717) is 0 Å². The average molecular weight is 255 g/mol. The SMILES string of the molecule is c1ccc(CCNc2nc3ccccc3s2)nc1. The molecule has 90 valence electrons. The monoisotopic (exact) mass is 255 g/mol. The van der Waals surface area contributed by atoms with Crippen molar-refractivity contribution in [2.75, 3.05) is 11.9 Å². The van der Waals surface area contributed by atoms with Crippen LogP contribution in [0.3, 0.4) is 0 Å². The summed E-state index contributed by atoms with van der Waals surface area (Å²) < 4.78 is 1.22. The molecule has 0 saturated carbocycles. The van der Waals surface area contributed by atoms with Gasteiger partial charge in [0.05, 0.1) is 10.2 Å². The summed E-state index contributed by atoms with van der Waals surface area (Å²) in [7, 11) is 0. The highest BCUT2D eigenvalue weighted by atomic mass is 32.1. The number of nitrogens with zero attached hydrogens (tertiary/aromatic N) is 2. The van der Waals surface area contributed by atoms with E-state index in [4.69, 9.17) is 0 Å². The van der Waals surface area contributed by atoms with Crippen LogP contribution in [0.2, 0.25) is 0 Å². The van der Waals surface area contributed by atoms with E-state index in [1.54, 1.807) is 11.3 Å². The number of anilines is 1. The maximum atomic E-state index is 4.53. The van der Waals surface area contributed by atoms with E-state index in [2.05, 4.69) is 21.4 Å². The fraction of sp³-hybridized carbons (Fsp3) is 0.143. The third-order valence-corrected chi connectivity index (χ3v) is 3.67. The first-order chi connectivity index (χ1) is 8.92. The van der Waals surface area contributed by atoms with Crippen molar-refractivity contribution in [2.24, 2.45) is 0 Å². The molecular weight excluding hydrogens is 242 g/mol. The molecule has 0 saturated heterocycles. The molecule has 4 heteroatoms. The zero-order valence-electron chi connectivity index (χ0n) is 9.84. The maximum Gasteiger partial charge on any atom is 0.183 e. The Morgan fingerprint density at radius 1 is 1.06 bits per heavy atom. The first-order valence-electron chi connectivity index (χ1n) is 5.91. The van der Waals surface area contributed by atoms with Gasteiger partial charge in [0.25, 0.3) is 0 Å². The Balaban J connectivity index is 1.63. The number of hydrogen-bond donors (Lipinski definition) is 1. The minimum absolute atomic E-state index is 0.858. The van der Waals surface area contributed by atoms with Crippen LogP contribution in [0.25, 0.3) is 10.2 Å². The number of rotatable bonds is 4. The molecule has 3 rings (SSSR count). The first kappa shape index (κ1) is 11.2. The summed E-state index contributed by atoms with van der Waals surface area (Å²) in [5.41, 5.74) is 2.16. The number of aromatic nitrogens is 2. The Morgan fingerprint density at radius 2 is 1.94 bits per heavy atom. The Labute approximate surface area is 110 Å². The van der Waals surface area contributed by atoms with Gasteiger partial charge in [0, 0.05) is 24.9 Å². The number of pyridine rings is 1. The number of nitrogens with one attached hydrogen (secondary N) is 1. The van der Waals surface area contributed by atoms with E-state index >= 15 is 0 Å². The van der Waals surface area contributed by atoms with Crippen molar-refractivity contribution in [3.8, 4) is 0 Å². The third-order valence-electron chi connectivity index (χ3n) is 2.68. The van der Waals surface area contributed by atoms with Crippen LogP contribution in [-0.4, -0.2) is 16.5 Å². The molecule has 0 bridgehead atoms. The molecule has 3 aromatic rings. The summed E-state index contributed by atoms with van der Waals surface area (Å²) >= 11 is 1.69. The van der Waals surface area contributed by atoms with Crippen molar-refractivity contribution in [1.29, 1.82) is 0 Å². The van der Waals surface area contributed by atoms with Crippen molar-refractivity contribution in [3.05, 3.63) is 54.4 Å². The van der Waals surface area contributed by atoms with Crippen molar-refractivity contribution < 1.29 is 0 Å². The molecule has 0 aliphatic carbocycles. The summed E-state index contributed by atoms with van der Waals surface area (Å²) in [6.45, 7) is 0.858. The zero-order chi connectivity index (χ0) is 12.2. The Bertz CT molecular complexity index is 601. The van der Waals surface area contributed by atoms with Crippen LogP contribution in [0.15, 0.2) is 48.7 Å². The predicted octanol–water partition coefficient (Wildman–Crippen LogP) is 3.35. The van der Waals surface area contributed by atoms with Crippen LogP contribution in [0, 0.1) is 0 Å². The standard InChI is InChI=1S/C14H13N3S/c1-2-7-13-12(6-1)17-14(18-13)16-10-8-11-5-3-4-9-15-11/h1-7,9H,8,10H2,(H,16,17). The van der Waals surface area contributed by atoms with Crippen LogP contribution in [0.5, 0.6) is 0 Å². The lowest BCUT2D eigenvalue weighted by Crippen LogP contribution is -2.05. The topological polar surface area (TPSA) is 37.8 Å². The van der Waals surface area contributed by atoms with Gasteiger partial charge in [-0.2, -0.15) is 0 Å². The van der Waals surface area contributed by atoms with E-state index in [1.165, 1.54) is 4.70 Å². The zero-order valence-corrected chi connectivity index (χ0v) is 10.7. The summed E-state index contributed by atoms with van der Waals surface area (Å²) in [6.07, 6.45) is 2.74. The molecule has 18 heavy (non-hydrogen) atoms. The Kier molecular flexibility index (Phi) is 3.19. The highest BCUT2D eigenvalue weighted by Gasteiger charge is 2.02. The van der Waals surface area contributed by atoms with Gasteiger partial charge >= 0.3 is 0 Å². The van der Waals surface area contributed by atoms with Crippen molar-refractivity contribution >= 4 is 26.7 Å². The lowest BCUT2D eigenvalue weighted by Gasteiger charge is -2.01. The van der Waals surface area contributed by atoms with Gasteiger partial charge in [-0.25, -0.2) is 4.98 Å². The van der Waals surface area contributed by atoms with E-state index < -0.39 is 0 Å². The van der Waals surface area contributed by atoms with Gasteiger partial charge in [0.1, 0.15) is 0 Å². The van der Waals surface area contributed by atoms with Gasteiger partial charge in [-0.05, 0) is 24.3 Å². The second kappa shape index (κ2) is 5.14. The number of benzene rings is 1. The first-order valence-corrected chi connectivity index (χ1v) is 6.73. The van der Waals surface area contributed by atoms with E-state index in [1.807, 2.05) is 42.6 Å². The van der Waals surface area contributed by atoms with Gasteiger partial charge < -0.3 is 5.32 Å². The molecule has 0 radical (unpaired) electrons. The van der Waals surface area contributed by atoms with E-state index in [0.717, 1.165) is 29.3 Å². The summed E-state index contributed by atoms with van der Waals surface area (Å²) in [5.74, 6) is 0. The minimum Gasteiger partial charge on any atom is -0.361 e. The van der Waals surface area contributed by atoms with Gasteiger partial charge in [0.2, 0.25) is 0 Å². The molecule has 0 aliphatic heterocycles. The molecule has 1 N–H and O–H groups in total. The smallest absolute Gasteiger partial charge is 0.183 e. The Morgan fingerprint density at radius 3 is 2.78 bits per heavy atom. The lowest BCUT2D eigenvalue weighted by atomic mass is 10.3. The highest BCUT2D eigenvalue weighted by Crippen LogP contribution is 2.25. The fourth-order valence-corrected chi connectivity index (χ4v) is 2.68. The molecule has 2 heterocycles. The van der Waals surface area contributed by atoms with Crippen LogP contribution in [0.4, 0.5) is 5.13 Å². The molecule has 1 aromatic carbocycles. The normalized spacial score (nSPS) is 10.7. The average Bonchev–Trinajstić information content (AvgIpc) is 2.82. The lowest BCUT2D eigenvalue weighted by molar-refractivity contribution is 0.960. The molecule has 0 atom stereocenters. The highest BCUT2D eigenvalue weighted by molar-refractivity contribution is 7.22. The predicted molar refractivity (Wildman–Crippen MR) is 76.1 cm³/mol. The molecule has 0 spiro atoms. The molecular formula is C14H13N3S. The van der Waals surface area contributed by atoms with Gasteiger partial charge in [-0.15, -0.1) is 0 Å². The minimum atomic E-state index is 0.858. The van der Waals surface area contributed by atoms with Gasteiger partial charge in [-0.3, -0.25) is 4.98 Å². The Hall–Kier alpha value is -1.94. The van der Waals surface area contributed by atoms with Crippen LogP contribution >= 0.6 is 11.3 Å². The van der Waals surface area contributed by atoms with Gasteiger partial charge in [-0.1, -0.05) is 29.5 Å².